The quantitative estimate of drug-likeness (QED) is 0.600. The number of hydrogen-bond donors (Lipinski definition) is 0. The molecule has 1 nitrogen and oxygen atoms in total. The molecule has 0 saturated heterocycles. The predicted molar refractivity (Wildman–Crippen MR) is 44.4 cm³/mol. The van der Waals surface area contributed by atoms with E-state index in [4.69, 9.17) is 0 Å². The van der Waals surface area contributed by atoms with Gasteiger partial charge < -0.3 is 0 Å². The summed E-state index contributed by atoms with van der Waals surface area (Å²) >= 11 is 2.27. The first kappa shape index (κ1) is 6.01. The minimum absolute atomic E-state index is 0.976. The van der Waals surface area contributed by atoms with E-state index in [1.54, 1.807) is 6.08 Å². The molecule has 0 bridgehead atoms. The Balaban J connectivity index is 2.61. The zero-order valence-electron chi connectivity index (χ0n) is 4.39. The first-order valence-electron chi connectivity index (χ1n) is 2.36. The van der Waals surface area contributed by atoms with Gasteiger partial charge in [0.05, 0.1) is 0 Å². The first-order chi connectivity index (χ1) is 3.83. The minimum Gasteiger partial charge on any atom is -0.260 e. The number of rotatable bonds is 1. The van der Waals surface area contributed by atoms with Gasteiger partial charge in [-0.15, -0.1) is 0 Å². The van der Waals surface area contributed by atoms with Gasteiger partial charge in [-0.3, -0.25) is 4.99 Å². The van der Waals surface area contributed by atoms with E-state index in [0.717, 1.165) is 12.1 Å². The smallest absolute Gasteiger partial charge is 0.0447 e. The molecule has 1 aliphatic heterocycles. The Bertz CT molecular complexity index is 167. The van der Waals surface area contributed by atoms with Crippen molar-refractivity contribution in [1.82, 2.24) is 0 Å². The molecule has 1 aliphatic rings. The van der Waals surface area contributed by atoms with Crippen LogP contribution in [0.25, 0.3) is 0 Å². The molecule has 0 aromatic heterocycles. The van der Waals surface area contributed by atoms with Crippen LogP contribution in [0.15, 0.2) is 27.4 Å². The Hall–Kier alpha value is -0.120. The van der Waals surface area contributed by atoms with Gasteiger partial charge in [-0.1, -0.05) is 6.58 Å². The zero-order valence-corrected chi connectivity index (χ0v) is 6.55. The Labute approximate surface area is 62.3 Å². The van der Waals surface area contributed by atoms with Crippen molar-refractivity contribution in [2.45, 2.75) is 6.42 Å². The maximum atomic E-state index is 4.06. The molecule has 0 aromatic rings. The molecular weight excluding hydrogens is 213 g/mol. The van der Waals surface area contributed by atoms with Crippen molar-refractivity contribution < 1.29 is 0 Å². The summed E-state index contributed by atoms with van der Waals surface area (Å²) in [5.74, 6) is 0. The van der Waals surface area contributed by atoms with E-state index in [1.807, 2.05) is 6.20 Å². The molecule has 0 radical (unpaired) electrons. The van der Waals surface area contributed by atoms with Crippen molar-refractivity contribution in [1.29, 1.82) is 0 Å². The van der Waals surface area contributed by atoms with Crippen molar-refractivity contribution in [2.75, 3.05) is 0 Å². The van der Waals surface area contributed by atoms with Gasteiger partial charge in [-0.05, 0) is 28.7 Å². The molecule has 42 valence electrons. The summed E-state index contributed by atoms with van der Waals surface area (Å²) in [5, 5.41) is 0. The van der Waals surface area contributed by atoms with Crippen LogP contribution < -0.4 is 0 Å². The molecule has 0 fully saturated rings. The maximum Gasteiger partial charge on any atom is 0.0447 e. The van der Waals surface area contributed by atoms with E-state index >= 15 is 0 Å². The molecule has 1 heterocycles. The summed E-state index contributed by atoms with van der Waals surface area (Å²) in [6, 6.07) is 0. The lowest BCUT2D eigenvalue weighted by Gasteiger charge is -1.84. The monoisotopic (exact) mass is 219 g/mol. The highest BCUT2D eigenvalue weighted by Crippen LogP contribution is 2.17. The van der Waals surface area contributed by atoms with Crippen LogP contribution in [-0.4, -0.2) is 5.71 Å². The van der Waals surface area contributed by atoms with Gasteiger partial charge >= 0.3 is 0 Å². The van der Waals surface area contributed by atoms with E-state index in [-0.39, 0.29) is 0 Å². The summed E-state index contributed by atoms with van der Waals surface area (Å²) in [5.41, 5.74) is 1.08. The van der Waals surface area contributed by atoms with Crippen LogP contribution in [0.5, 0.6) is 0 Å². The Morgan fingerprint density at radius 3 is 2.88 bits per heavy atom. The summed E-state index contributed by atoms with van der Waals surface area (Å²) in [7, 11) is 0. The zero-order chi connectivity index (χ0) is 5.98. The average Bonchev–Trinajstić information content (AvgIpc) is 2.14. The standard InChI is InChI=1S/C6H6IN/c1-2-6-3-5(7)4-8-6/h2,4H,1,3H2. The SMILES string of the molecule is C=CC1=NC=C(I)C1. The molecular formula is C6H6IN. The lowest BCUT2D eigenvalue weighted by atomic mass is 10.3. The number of nitrogens with zero attached hydrogens (tertiary/aromatic N) is 1. The highest BCUT2D eigenvalue weighted by molar-refractivity contribution is 14.1. The normalized spacial score (nSPS) is 17.6. The van der Waals surface area contributed by atoms with E-state index in [0.29, 0.717) is 0 Å². The second-order valence-corrected chi connectivity index (χ2v) is 2.96. The molecule has 0 aliphatic carbocycles. The van der Waals surface area contributed by atoms with Crippen molar-refractivity contribution in [3.63, 3.8) is 0 Å². The van der Waals surface area contributed by atoms with Gasteiger partial charge in [0, 0.05) is 21.9 Å². The van der Waals surface area contributed by atoms with Gasteiger partial charge in [-0.25, -0.2) is 0 Å². The van der Waals surface area contributed by atoms with Gasteiger partial charge in [0.15, 0.2) is 0 Å². The van der Waals surface area contributed by atoms with Crippen LogP contribution >= 0.6 is 22.6 Å². The summed E-state index contributed by atoms with van der Waals surface area (Å²) < 4.78 is 1.29. The van der Waals surface area contributed by atoms with Gasteiger partial charge in [0.1, 0.15) is 0 Å². The third kappa shape index (κ3) is 1.18. The molecule has 8 heavy (non-hydrogen) atoms. The molecule has 2 heteroatoms. The molecule has 0 N–H and O–H groups in total. The number of halogens is 1. The van der Waals surface area contributed by atoms with E-state index in [9.17, 15) is 0 Å². The Morgan fingerprint density at radius 2 is 2.62 bits per heavy atom. The molecule has 0 aromatic carbocycles. The van der Waals surface area contributed by atoms with Crippen LogP contribution in [0.4, 0.5) is 0 Å². The fourth-order valence-electron chi connectivity index (χ4n) is 0.542. The van der Waals surface area contributed by atoms with E-state index in [1.165, 1.54) is 3.58 Å². The van der Waals surface area contributed by atoms with Crippen LogP contribution in [0.1, 0.15) is 6.42 Å². The Kier molecular flexibility index (Phi) is 1.83. The van der Waals surface area contributed by atoms with Gasteiger partial charge in [0.25, 0.3) is 0 Å². The van der Waals surface area contributed by atoms with Crippen LogP contribution in [0.3, 0.4) is 0 Å². The number of aliphatic imine (C=N–C) groups is 1. The van der Waals surface area contributed by atoms with Crippen molar-refractivity contribution in [3.8, 4) is 0 Å². The van der Waals surface area contributed by atoms with E-state index < -0.39 is 0 Å². The highest BCUT2D eigenvalue weighted by Gasteiger charge is 2.01. The van der Waals surface area contributed by atoms with Crippen molar-refractivity contribution in [3.05, 3.63) is 22.4 Å². The van der Waals surface area contributed by atoms with E-state index in [2.05, 4.69) is 34.2 Å². The maximum absolute atomic E-state index is 4.06. The molecule has 0 atom stereocenters. The summed E-state index contributed by atoms with van der Waals surface area (Å²) in [6.07, 6.45) is 4.64. The predicted octanol–water partition coefficient (Wildman–Crippen LogP) is 2.29. The fraction of sp³-hybridized carbons (Fsp3) is 0.167. The van der Waals surface area contributed by atoms with Crippen molar-refractivity contribution in [2.24, 2.45) is 4.99 Å². The lowest BCUT2D eigenvalue weighted by molar-refractivity contribution is 1.54. The number of allylic oxidation sites excluding steroid dienone is 2. The number of hydrogen-bond acceptors (Lipinski definition) is 1. The largest absolute Gasteiger partial charge is 0.260 e. The lowest BCUT2D eigenvalue weighted by Crippen LogP contribution is -1.83. The topological polar surface area (TPSA) is 12.4 Å². The second-order valence-electron chi connectivity index (χ2n) is 1.58. The van der Waals surface area contributed by atoms with Crippen LogP contribution in [0.2, 0.25) is 0 Å². The average molecular weight is 219 g/mol. The van der Waals surface area contributed by atoms with Gasteiger partial charge in [-0.2, -0.15) is 0 Å². The minimum atomic E-state index is 0.976. The molecule has 0 unspecified atom stereocenters. The highest BCUT2D eigenvalue weighted by atomic mass is 127. The van der Waals surface area contributed by atoms with Gasteiger partial charge in [0.2, 0.25) is 0 Å². The molecule has 1 rings (SSSR count). The molecule has 0 saturated carbocycles. The fourth-order valence-corrected chi connectivity index (χ4v) is 1.07. The van der Waals surface area contributed by atoms with Crippen LogP contribution in [-0.2, 0) is 0 Å². The first-order valence-corrected chi connectivity index (χ1v) is 3.44. The third-order valence-electron chi connectivity index (χ3n) is 0.956. The molecule has 0 amide bonds. The second kappa shape index (κ2) is 2.44. The summed E-state index contributed by atoms with van der Waals surface area (Å²) in [6.45, 7) is 3.61. The summed E-state index contributed by atoms with van der Waals surface area (Å²) in [4.78, 5) is 4.06. The Morgan fingerprint density at radius 1 is 1.88 bits per heavy atom. The van der Waals surface area contributed by atoms with Crippen molar-refractivity contribution >= 4 is 28.3 Å². The third-order valence-corrected chi connectivity index (χ3v) is 1.62. The van der Waals surface area contributed by atoms with Crippen LogP contribution in [0, 0.1) is 0 Å². The molecule has 0 spiro atoms.